The Morgan fingerprint density at radius 1 is 1.14 bits per heavy atom. The number of carboxylic acids is 1. The number of fused-ring (bicyclic) bond motifs is 1. The first-order valence-electron chi connectivity index (χ1n) is 8.13. The number of aliphatic carboxylic acids is 1. The molecule has 3 aromatic heterocycles. The van der Waals surface area contributed by atoms with Crippen LogP contribution >= 0.6 is 0 Å². The van der Waals surface area contributed by atoms with Gasteiger partial charge in [-0.1, -0.05) is 0 Å². The fraction of sp³-hybridized carbons (Fsp3) is 0.176. The average Bonchev–Trinajstić information content (AvgIpc) is 3.14. The van der Waals surface area contributed by atoms with Gasteiger partial charge in [0.15, 0.2) is 0 Å². The van der Waals surface area contributed by atoms with E-state index in [4.69, 9.17) is 9.90 Å². The molecule has 0 bridgehead atoms. The number of alkyl halides is 3. The fourth-order valence-corrected chi connectivity index (χ4v) is 2.46. The minimum absolute atomic E-state index is 0.0873. The van der Waals surface area contributed by atoms with Gasteiger partial charge in [-0.25, -0.2) is 14.8 Å². The number of carbonyl (C=O) groups excluding carboxylic acids is 1. The Labute approximate surface area is 161 Å². The van der Waals surface area contributed by atoms with Crippen molar-refractivity contribution in [2.45, 2.75) is 12.7 Å². The van der Waals surface area contributed by atoms with Gasteiger partial charge in [0.1, 0.15) is 12.0 Å². The van der Waals surface area contributed by atoms with E-state index in [1.54, 1.807) is 29.3 Å². The monoisotopic (exact) mass is 406 g/mol. The summed E-state index contributed by atoms with van der Waals surface area (Å²) < 4.78 is 33.5. The van der Waals surface area contributed by atoms with E-state index in [2.05, 4.69) is 25.4 Å². The molecule has 4 rings (SSSR count). The highest BCUT2D eigenvalue weighted by Crippen LogP contribution is 2.24. The second kappa shape index (κ2) is 8.04. The van der Waals surface area contributed by atoms with Crippen molar-refractivity contribution >= 4 is 11.9 Å². The van der Waals surface area contributed by atoms with E-state index < -0.39 is 12.1 Å². The highest BCUT2D eigenvalue weighted by atomic mass is 19.4. The number of aromatic nitrogens is 5. The summed E-state index contributed by atoms with van der Waals surface area (Å²) in [7, 11) is 0. The van der Waals surface area contributed by atoms with E-state index in [9.17, 15) is 18.0 Å². The molecule has 1 aliphatic heterocycles. The molecule has 0 aliphatic carbocycles. The lowest BCUT2D eigenvalue weighted by molar-refractivity contribution is -0.192. The minimum atomic E-state index is -5.08. The number of nitrogens with zero attached hydrogens (tertiary/aromatic N) is 5. The average molecular weight is 406 g/mol. The van der Waals surface area contributed by atoms with Crippen LogP contribution < -0.4 is 5.32 Å². The van der Waals surface area contributed by atoms with Gasteiger partial charge < -0.3 is 10.4 Å². The molecule has 9 nitrogen and oxygen atoms in total. The van der Waals surface area contributed by atoms with Crippen LogP contribution in [0.1, 0.15) is 10.5 Å². The number of hydrogen-bond acceptors (Lipinski definition) is 6. The first-order valence-corrected chi connectivity index (χ1v) is 8.13. The summed E-state index contributed by atoms with van der Waals surface area (Å²) in [5, 5.41) is 14.4. The van der Waals surface area contributed by atoms with Crippen LogP contribution in [0.5, 0.6) is 0 Å². The maximum absolute atomic E-state index is 11.8. The molecule has 150 valence electrons. The van der Waals surface area contributed by atoms with Crippen molar-refractivity contribution in [3.63, 3.8) is 0 Å². The van der Waals surface area contributed by atoms with Crippen molar-refractivity contribution in [1.82, 2.24) is 30.0 Å². The lowest BCUT2D eigenvalue weighted by Crippen LogP contribution is -2.35. The van der Waals surface area contributed by atoms with E-state index in [1.165, 1.54) is 6.33 Å². The van der Waals surface area contributed by atoms with E-state index in [-0.39, 0.29) is 5.91 Å². The Balaban J connectivity index is 0.000000298. The molecule has 0 unspecified atom stereocenters. The lowest BCUT2D eigenvalue weighted by Gasteiger charge is -2.13. The number of halogens is 3. The second-order valence-corrected chi connectivity index (χ2v) is 5.75. The van der Waals surface area contributed by atoms with Crippen LogP contribution in [0.15, 0.2) is 43.1 Å². The Bertz CT molecular complexity index is 1040. The van der Waals surface area contributed by atoms with Crippen LogP contribution in [0.2, 0.25) is 0 Å². The fourth-order valence-electron chi connectivity index (χ4n) is 2.46. The quantitative estimate of drug-likeness (QED) is 0.665. The molecule has 12 heteroatoms. The zero-order valence-electron chi connectivity index (χ0n) is 14.6. The molecule has 0 radical (unpaired) electrons. The highest BCUT2D eigenvalue weighted by molar-refractivity contribution is 5.94. The van der Waals surface area contributed by atoms with Gasteiger partial charge in [0.25, 0.3) is 5.91 Å². The summed E-state index contributed by atoms with van der Waals surface area (Å²) in [6.07, 6.45) is 1.54. The SMILES string of the molecule is O=C(O)C(F)(F)F.O=C1NCCn2nc(-c3ccnc(-c4cncnc4)c3)cc21. The van der Waals surface area contributed by atoms with Gasteiger partial charge in [0.2, 0.25) is 0 Å². The van der Waals surface area contributed by atoms with Crippen molar-refractivity contribution in [3.05, 3.63) is 48.8 Å². The van der Waals surface area contributed by atoms with Gasteiger partial charge in [0, 0.05) is 36.3 Å². The molecule has 0 atom stereocenters. The highest BCUT2D eigenvalue weighted by Gasteiger charge is 2.38. The number of amides is 1. The summed E-state index contributed by atoms with van der Waals surface area (Å²) in [5.74, 6) is -2.84. The Hall–Kier alpha value is -3.83. The topological polar surface area (TPSA) is 123 Å². The third kappa shape index (κ3) is 4.72. The minimum Gasteiger partial charge on any atom is -0.475 e. The first-order chi connectivity index (χ1) is 13.8. The van der Waals surface area contributed by atoms with E-state index in [0.717, 1.165) is 22.5 Å². The third-order valence-electron chi connectivity index (χ3n) is 3.78. The first kappa shape index (κ1) is 19.9. The smallest absolute Gasteiger partial charge is 0.475 e. The maximum Gasteiger partial charge on any atom is 0.490 e. The van der Waals surface area contributed by atoms with E-state index in [0.29, 0.717) is 18.8 Å². The van der Waals surface area contributed by atoms with Crippen molar-refractivity contribution < 1.29 is 27.9 Å². The van der Waals surface area contributed by atoms with Gasteiger partial charge >= 0.3 is 12.1 Å². The van der Waals surface area contributed by atoms with Crippen molar-refractivity contribution in [1.29, 1.82) is 0 Å². The zero-order chi connectivity index (χ0) is 21.0. The Kier molecular flexibility index (Phi) is 5.52. The van der Waals surface area contributed by atoms with E-state index >= 15 is 0 Å². The lowest BCUT2D eigenvalue weighted by atomic mass is 10.1. The molecule has 0 spiro atoms. The normalized spacial score (nSPS) is 13.0. The molecule has 3 aromatic rings. The van der Waals surface area contributed by atoms with E-state index in [1.807, 2.05) is 12.1 Å². The molecule has 0 saturated carbocycles. The van der Waals surface area contributed by atoms with Gasteiger partial charge in [-0.2, -0.15) is 18.3 Å². The number of hydrogen-bond donors (Lipinski definition) is 2. The summed E-state index contributed by atoms with van der Waals surface area (Å²) in [4.78, 5) is 33.1. The van der Waals surface area contributed by atoms with Gasteiger partial charge in [-0.3, -0.25) is 14.5 Å². The number of carbonyl (C=O) groups is 2. The predicted molar refractivity (Wildman–Crippen MR) is 92.5 cm³/mol. The number of carboxylic acid groups (broad SMARTS) is 1. The molecule has 29 heavy (non-hydrogen) atoms. The largest absolute Gasteiger partial charge is 0.490 e. The number of pyridine rings is 1. The molecule has 0 saturated heterocycles. The molecule has 0 fully saturated rings. The summed E-state index contributed by atoms with van der Waals surface area (Å²) in [6, 6.07) is 5.60. The molecule has 4 heterocycles. The number of nitrogens with one attached hydrogen (secondary N) is 1. The Morgan fingerprint density at radius 2 is 1.83 bits per heavy atom. The van der Waals surface area contributed by atoms with Gasteiger partial charge in [-0.15, -0.1) is 0 Å². The van der Waals surface area contributed by atoms with Crippen molar-refractivity contribution in [2.75, 3.05) is 6.54 Å². The third-order valence-corrected chi connectivity index (χ3v) is 3.78. The molecule has 2 N–H and O–H groups in total. The molecule has 0 aromatic carbocycles. The maximum atomic E-state index is 11.8. The predicted octanol–water partition coefficient (Wildman–Crippen LogP) is 1.78. The molecule has 1 amide bonds. The van der Waals surface area contributed by atoms with Crippen LogP contribution in [0, 0.1) is 0 Å². The summed E-state index contributed by atoms with van der Waals surface area (Å²) in [6.45, 7) is 1.29. The van der Waals surface area contributed by atoms with Crippen LogP contribution in [0.3, 0.4) is 0 Å². The standard InChI is InChI=1S/C15H12N6O.C2HF3O2/c22-15-14-6-13(20-21(14)4-3-19-15)10-1-2-18-12(5-10)11-7-16-9-17-8-11;3-2(4,5)1(6)7/h1-2,5-9H,3-4H2,(H,19,22);(H,6,7). The summed E-state index contributed by atoms with van der Waals surface area (Å²) >= 11 is 0. The number of rotatable bonds is 2. The van der Waals surface area contributed by atoms with Crippen LogP contribution in [0.25, 0.3) is 22.5 Å². The Morgan fingerprint density at radius 3 is 2.45 bits per heavy atom. The summed E-state index contributed by atoms with van der Waals surface area (Å²) in [5.41, 5.74) is 3.86. The molecule has 1 aliphatic rings. The molecular weight excluding hydrogens is 393 g/mol. The molecular formula is C17H13F3N6O3. The van der Waals surface area contributed by atoms with Crippen LogP contribution in [-0.2, 0) is 11.3 Å². The van der Waals surface area contributed by atoms with Crippen molar-refractivity contribution in [2.24, 2.45) is 0 Å². The van der Waals surface area contributed by atoms with Crippen LogP contribution in [0.4, 0.5) is 13.2 Å². The van der Waals surface area contributed by atoms with Crippen molar-refractivity contribution in [3.8, 4) is 22.5 Å². The van der Waals surface area contributed by atoms with Gasteiger partial charge in [0.05, 0.1) is 17.9 Å². The second-order valence-electron chi connectivity index (χ2n) is 5.75. The van der Waals surface area contributed by atoms with Gasteiger partial charge in [-0.05, 0) is 18.2 Å². The van der Waals surface area contributed by atoms with Crippen LogP contribution in [-0.4, -0.2) is 54.4 Å². The zero-order valence-corrected chi connectivity index (χ0v) is 14.6.